The van der Waals surface area contributed by atoms with E-state index in [0.29, 0.717) is 13.1 Å². The average molecular weight is 413 g/mol. The van der Waals surface area contributed by atoms with Crippen molar-refractivity contribution in [3.8, 4) is 0 Å². The van der Waals surface area contributed by atoms with E-state index in [2.05, 4.69) is 34.2 Å². The van der Waals surface area contributed by atoms with E-state index in [4.69, 9.17) is 0 Å². The van der Waals surface area contributed by atoms with Gasteiger partial charge in [-0.05, 0) is 12.5 Å². The number of rotatable bonds is 5. The third-order valence-corrected chi connectivity index (χ3v) is 5.91. The van der Waals surface area contributed by atoms with Crippen LogP contribution in [-0.2, 0) is 18.0 Å². The second kappa shape index (κ2) is 8.52. The van der Waals surface area contributed by atoms with Crippen molar-refractivity contribution in [2.24, 2.45) is 7.05 Å². The second-order valence-corrected chi connectivity index (χ2v) is 7.60. The summed E-state index contributed by atoms with van der Waals surface area (Å²) in [6.45, 7) is 4.87. The van der Waals surface area contributed by atoms with E-state index in [1.165, 1.54) is 12.6 Å². The molecule has 10 heteroatoms. The zero-order valence-corrected chi connectivity index (χ0v) is 16.5. The third kappa shape index (κ3) is 4.67. The van der Waals surface area contributed by atoms with E-state index in [1.54, 1.807) is 4.90 Å². The molecule has 0 aliphatic carbocycles. The van der Waals surface area contributed by atoms with Gasteiger partial charge >= 0.3 is 6.18 Å². The summed E-state index contributed by atoms with van der Waals surface area (Å²) >= 11 is 0.974. The van der Waals surface area contributed by atoms with Gasteiger partial charge < -0.3 is 9.47 Å². The van der Waals surface area contributed by atoms with Gasteiger partial charge in [-0.3, -0.25) is 9.69 Å². The number of benzene rings is 1. The summed E-state index contributed by atoms with van der Waals surface area (Å²) in [6.07, 6.45) is -4.56. The Hall–Kier alpha value is -2.07. The number of aromatic nitrogens is 3. The highest BCUT2D eigenvalue weighted by Crippen LogP contribution is 2.29. The van der Waals surface area contributed by atoms with E-state index in [-0.39, 0.29) is 22.9 Å². The van der Waals surface area contributed by atoms with Crippen molar-refractivity contribution in [3.05, 3.63) is 41.7 Å². The number of halogens is 3. The fraction of sp³-hybridized carbons (Fsp3) is 0.500. The maximum atomic E-state index is 12.8. The van der Waals surface area contributed by atoms with E-state index in [9.17, 15) is 18.0 Å². The SMILES string of the molecule is C[C@H](c1ccccc1)N1CCN(C(=O)CSc2nnc(C(F)(F)F)n2C)CC1. The Kier molecular flexibility index (Phi) is 6.29. The van der Waals surface area contributed by atoms with Crippen molar-refractivity contribution in [2.45, 2.75) is 24.3 Å². The van der Waals surface area contributed by atoms with Crippen LogP contribution in [0.1, 0.15) is 24.4 Å². The monoisotopic (exact) mass is 413 g/mol. The molecule has 28 heavy (non-hydrogen) atoms. The Morgan fingerprint density at radius 1 is 1.14 bits per heavy atom. The minimum absolute atomic E-state index is 0.0398. The zero-order valence-electron chi connectivity index (χ0n) is 15.7. The molecule has 1 amide bonds. The zero-order chi connectivity index (χ0) is 20.3. The van der Waals surface area contributed by atoms with E-state index < -0.39 is 12.0 Å². The smallest absolute Gasteiger partial charge is 0.339 e. The first-order chi connectivity index (χ1) is 13.3. The van der Waals surface area contributed by atoms with Crippen molar-refractivity contribution in [3.63, 3.8) is 0 Å². The molecule has 0 spiro atoms. The summed E-state index contributed by atoms with van der Waals surface area (Å²) in [5.74, 6) is -1.13. The Morgan fingerprint density at radius 2 is 1.79 bits per heavy atom. The number of alkyl halides is 3. The summed E-state index contributed by atoms with van der Waals surface area (Å²) in [6, 6.07) is 10.5. The predicted octanol–water partition coefficient (Wildman–Crippen LogP) is 2.83. The molecule has 0 radical (unpaired) electrons. The first-order valence-corrected chi connectivity index (χ1v) is 9.92. The standard InChI is InChI=1S/C18H22F3N5OS/c1-13(14-6-4-3-5-7-14)25-8-10-26(11-9-25)15(27)12-28-17-23-22-16(24(17)2)18(19,20)21/h3-7,13H,8-12H2,1-2H3/t13-/m1/s1. The predicted molar refractivity (Wildman–Crippen MR) is 99.7 cm³/mol. The summed E-state index contributed by atoms with van der Waals surface area (Å²) in [5, 5.41) is 6.80. The average Bonchev–Trinajstić information content (AvgIpc) is 3.07. The first kappa shape index (κ1) is 20.7. The van der Waals surface area contributed by atoms with Crippen LogP contribution in [0.5, 0.6) is 0 Å². The highest BCUT2D eigenvalue weighted by Gasteiger charge is 2.37. The molecule has 0 unspecified atom stereocenters. The number of hydrogen-bond acceptors (Lipinski definition) is 5. The van der Waals surface area contributed by atoms with Crippen molar-refractivity contribution < 1.29 is 18.0 Å². The van der Waals surface area contributed by atoms with E-state index >= 15 is 0 Å². The Bertz CT molecular complexity index is 803. The van der Waals surface area contributed by atoms with Crippen LogP contribution < -0.4 is 0 Å². The highest BCUT2D eigenvalue weighted by molar-refractivity contribution is 7.99. The molecule has 1 fully saturated rings. The minimum Gasteiger partial charge on any atom is -0.339 e. The molecule has 1 aliphatic rings. The molecule has 1 aromatic carbocycles. The number of thioether (sulfide) groups is 1. The molecular weight excluding hydrogens is 391 g/mol. The lowest BCUT2D eigenvalue weighted by molar-refractivity contribution is -0.147. The number of amides is 1. The number of hydrogen-bond donors (Lipinski definition) is 0. The van der Waals surface area contributed by atoms with Gasteiger partial charge in [-0.25, -0.2) is 0 Å². The van der Waals surface area contributed by atoms with Gasteiger partial charge in [-0.15, -0.1) is 10.2 Å². The lowest BCUT2D eigenvalue weighted by Gasteiger charge is -2.38. The summed E-state index contributed by atoms with van der Waals surface area (Å²) in [4.78, 5) is 16.5. The molecule has 1 atom stereocenters. The van der Waals surface area contributed by atoms with Gasteiger partial charge in [0.2, 0.25) is 11.7 Å². The molecule has 1 aromatic heterocycles. The van der Waals surface area contributed by atoms with Crippen LogP contribution in [0.4, 0.5) is 13.2 Å². The summed E-state index contributed by atoms with van der Waals surface area (Å²) < 4.78 is 39.2. The number of nitrogens with zero attached hydrogens (tertiary/aromatic N) is 5. The van der Waals surface area contributed by atoms with E-state index in [1.807, 2.05) is 18.2 Å². The van der Waals surface area contributed by atoms with Gasteiger partial charge in [0, 0.05) is 39.3 Å². The molecule has 0 N–H and O–H groups in total. The molecule has 1 saturated heterocycles. The van der Waals surface area contributed by atoms with E-state index in [0.717, 1.165) is 29.4 Å². The third-order valence-electron chi connectivity index (χ3n) is 4.91. The lowest BCUT2D eigenvalue weighted by Crippen LogP contribution is -2.49. The molecule has 0 saturated carbocycles. The molecule has 1 aliphatic heterocycles. The summed E-state index contributed by atoms with van der Waals surface area (Å²) in [7, 11) is 1.25. The topological polar surface area (TPSA) is 54.3 Å². The fourth-order valence-corrected chi connectivity index (χ4v) is 4.02. The number of carbonyl (C=O) groups excluding carboxylic acids is 1. The molecule has 152 valence electrons. The fourth-order valence-electron chi connectivity index (χ4n) is 3.21. The molecule has 0 bridgehead atoms. The molecular formula is C18H22F3N5OS. The molecule has 2 heterocycles. The van der Waals surface area contributed by atoms with Crippen molar-refractivity contribution in [1.29, 1.82) is 0 Å². The van der Waals surface area contributed by atoms with Gasteiger partial charge in [-0.2, -0.15) is 13.2 Å². The normalized spacial score (nSPS) is 17.0. The quantitative estimate of drug-likeness (QED) is 0.706. The largest absolute Gasteiger partial charge is 0.451 e. The minimum atomic E-state index is -4.56. The van der Waals surface area contributed by atoms with Crippen LogP contribution in [0.2, 0.25) is 0 Å². The first-order valence-electron chi connectivity index (χ1n) is 8.93. The summed E-state index contributed by atoms with van der Waals surface area (Å²) in [5.41, 5.74) is 1.24. The van der Waals surface area contributed by atoms with Gasteiger partial charge in [-0.1, -0.05) is 42.1 Å². The Morgan fingerprint density at radius 3 is 2.36 bits per heavy atom. The lowest BCUT2D eigenvalue weighted by atomic mass is 10.1. The van der Waals surface area contributed by atoms with Crippen LogP contribution in [0.3, 0.4) is 0 Å². The van der Waals surface area contributed by atoms with Crippen LogP contribution in [0.25, 0.3) is 0 Å². The van der Waals surface area contributed by atoms with Crippen LogP contribution in [-0.4, -0.2) is 62.4 Å². The van der Waals surface area contributed by atoms with Crippen LogP contribution in [0, 0.1) is 0 Å². The second-order valence-electron chi connectivity index (χ2n) is 6.66. The Labute approximate surface area is 165 Å². The maximum Gasteiger partial charge on any atom is 0.451 e. The van der Waals surface area contributed by atoms with Crippen molar-refractivity contribution >= 4 is 17.7 Å². The van der Waals surface area contributed by atoms with Crippen molar-refractivity contribution in [2.75, 3.05) is 31.9 Å². The maximum absolute atomic E-state index is 12.8. The van der Waals surface area contributed by atoms with Gasteiger partial charge in [0.15, 0.2) is 5.16 Å². The van der Waals surface area contributed by atoms with Crippen LogP contribution in [0.15, 0.2) is 35.5 Å². The molecule has 2 aromatic rings. The molecule has 3 rings (SSSR count). The van der Waals surface area contributed by atoms with Gasteiger partial charge in [0.1, 0.15) is 0 Å². The number of carbonyl (C=O) groups is 1. The van der Waals surface area contributed by atoms with Crippen LogP contribution >= 0.6 is 11.8 Å². The Balaban J connectivity index is 1.50. The highest BCUT2D eigenvalue weighted by atomic mass is 32.2. The molecule has 6 nitrogen and oxygen atoms in total. The van der Waals surface area contributed by atoms with Gasteiger partial charge in [0.25, 0.3) is 0 Å². The van der Waals surface area contributed by atoms with Gasteiger partial charge in [0.05, 0.1) is 5.75 Å². The number of piperazine rings is 1. The van der Waals surface area contributed by atoms with Crippen molar-refractivity contribution in [1.82, 2.24) is 24.6 Å².